The standard InChI is InChI=1S/C26H26IN3O5/c1-3-33-24-14-19(15-28-30-26(32)17-34-22-7-5-4-6-21(22)27)10-13-23(24)35-16-25(31)29-20-11-8-18(2)9-12-20/h4-15H,3,16-17H2,1-2H3,(H,29,31)(H,30,32)/b28-15+. The Labute approximate surface area is 217 Å². The zero-order valence-corrected chi connectivity index (χ0v) is 21.6. The third-order valence-electron chi connectivity index (χ3n) is 4.56. The molecule has 0 aliphatic carbocycles. The van der Waals surface area contributed by atoms with Gasteiger partial charge in [0.25, 0.3) is 11.8 Å². The van der Waals surface area contributed by atoms with E-state index in [4.69, 9.17) is 14.2 Å². The molecule has 3 rings (SSSR count). The number of hydrogen-bond donors (Lipinski definition) is 2. The van der Waals surface area contributed by atoms with E-state index in [1.807, 2.05) is 56.3 Å². The summed E-state index contributed by atoms with van der Waals surface area (Å²) in [6, 6.07) is 20.1. The maximum Gasteiger partial charge on any atom is 0.277 e. The first kappa shape index (κ1) is 26.0. The van der Waals surface area contributed by atoms with Crippen molar-refractivity contribution in [3.8, 4) is 17.2 Å². The van der Waals surface area contributed by atoms with Gasteiger partial charge in [-0.15, -0.1) is 0 Å². The van der Waals surface area contributed by atoms with Crippen LogP contribution in [-0.4, -0.2) is 37.8 Å². The fourth-order valence-corrected chi connectivity index (χ4v) is 3.43. The number of para-hydroxylation sites is 1. The van der Waals surface area contributed by atoms with Crippen molar-refractivity contribution in [1.82, 2.24) is 5.43 Å². The molecule has 0 spiro atoms. The summed E-state index contributed by atoms with van der Waals surface area (Å²) in [5, 5.41) is 6.76. The molecular formula is C26H26IN3O5. The van der Waals surface area contributed by atoms with Crippen LogP contribution in [0.3, 0.4) is 0 Å². The summed E-state index contributed by atoms with van der Waals surface area (Å²) in [6.45, 7) is 3.92. The van der Waals surface area contributed by atoms with Crippen LogP contribution in [0, 0.1) is 10.5 Å². The van der Waals surface area contributed by atoms with Crippen molar-refractivity contribution in [2.24, 2.45) is 5.10 Å². The number of amides is 2. The SMILES string of the molecule is CCOc1cc(/C=N/NC(=O)COc2ccccc2I)ccc1OCC(=O)Nc1ccc(C)cc1. The van der Waals surface area contributed by atoms with Crippen molar-refractivity contribution in [1.29, 1.82) is 0 Å². The Morgan fingerprint density at radius 1 is 0.886 bits per heavy atom. The molecule has 2 N–H and O–H groups in total. The van der Waals surface area contributed by atoms with Crippen molar-refractivity contribution >= 4 is 46.3 Å². The molecule has 0 saturated carbocycles. The van der Waals surface area contributed by atoms with E-state index in [1.165, 1.54) is 6.21 Å². The molecule has 0 aliphatic heterocycles. The van der Waals surface area contributed by atoms with Crippen molar-refractivity contribution in [2.45, 2.75) is 13.8 Å². The van der Waals surface area contributed by atoms with Gasteiger partial charge in [0.1, 0.15) is 5.75 Å². The largest absolute Gasteiger partial charge is 0.490 e. The molecule has 0 heterocycles. The average Bonchev–Trinajstić information content (AvgIpc) is 2.85. The number of aryl methyl sites for hydroxylation is 1. The Morgan fingerprint density at radius 2 is 1.60 bits per heavy atom. The lowest BCUT2D eigenvalue weighted by Crippen LogP contribution is -2.24. The molecule has 35 heavy (non-hydrogen) atoms. The van der Waals surface area contributed by atoms with Gasteiger partial charge in [-0.05, 0) is 84.5 Å². The van der Waals surface area contributed by atoms with Crippen LogP contribution in [0.5, 0.6) is 17.2 Å². The summed E-state index contributed by atoms with van der Waals surface area (Å²) in [5.41, 5.74) is 4.93. The molecule has 0 radical (unpaired) electrons. The second-order valence-electron chi connectivity index (χ2n) is 7.35. The number of benzene rings is 3. The number of nitrogens with zero attached hydrogens (tertiary/aromatic N) is 1. The predicted octanol–water partition coefficient (Wildman–Crippen LogP) is 4.54. The van der Waals surface area contributed by atoms with Gasteiger partial charge in [0.2, 0.25) is 0 Å². The summed E-state index contributed by atoms with van der Waals surface area (Å²) in [4.78, 5) is 24.2. The second-order valence-corrected chi connectivity index (χ2v) is 8.52. The van der Waals surface area contributed by atoms with Gasteiger partial charge in [-0.25, -0.2) is 5.43 Å². The first-order valence-corrected chi connectivity index (χ1v) is 12.0. The van der Waals surface area contributed by atoms with Crippen LogP contribution >= 0.6 is 22.6 Å². The molecule has 0 saturated heterocycles. The highest BCUT2D eigenvalue weighted by atomic mass is 127. The Hall–Kier alpha value is -3.60. The molecule has 9 heteroatoms. The van der Waals surface area contributed by atoms with E-state index < -0.39 is 0 Å². The molecular weight excluding hydrogens is 561 g/mol. The Kier molecular flexibility index (Phi) is 9.91. The number of anilines is 1. The highest BCUT2D eigenvalue weighted by molar-refractivity contribution is 14.1. The summed E-state index contributed by atoms with van der Waals surface area (Å²) in [6.07, 6.45) is 1.49. The lowest BCUT2D eigenvalue weighted by molar-refractivity contribution is -0.123. The van der Waals surface area contributed by atoms with Crippen molar-refractivity contribution in [3.63, 3.8) is 0 Å². The summed E-state index contributed by atoms with van der Waals surface area (Å²) in [7, 11) is 0. The molecule has 0 atom stereocenters. The molecule has 8 nitrogen and oxygen atoms in total. The fourth-order valence-electron chi connectivity index (χ4n) is 2.89. The first-order chi connectivity index (χ1) is 16.9. The Morgan fingerprint density at radius 3 is 2.34 bits per heavy atom. The van der Waals surface area contributed by atoms with Crippen molar-refractivity contribution in [3.05, 3.63) is 81.4 Å². The maximum atomic E-state index is 12.2. The number of hydrazone groups is 1. The molecule has 0 aliphatic rings. The molecule has 3 aromatic rings. The smallest absolute Gasteiger partial charge is 0.277 e. The predicted molar refractivity (Wildman–Crippen MR) is 143 cm³/mol. The topological polar surface area (TPSA) is 98.2 Å². The number of hydrogen-bond acceptors (Lipinski definition) is 6. The number of carbonyl (C=O) groups is 2. The molecule has 3 aromatic carbocycles. The van der Waals surface area contributed by atoms with Gasteiger partial charge < -0.3 is 19.5 Å². The Bertz CT molecular complexity index is 1180. The number of carbonyl (C=O) groups excluding carboxylic acids is 2. The van der Waals surface area contributed by atoms with E-state index >= 15 is 0 Å². The van der Waals surface area contributed by atoms with Crippen LogP contribution in [-0.2, 0) is 9.59 Å². The highest BCUT2D eigenvalue weighted by Crippen LogP contribution is 2.28. The van der Waals surface area contributed by atoms with Crippen LogP contribution in [0.25, 0.3) is 0 Å². The summed E-state index contributed by atoms with van der Waals surface area (Å²) >= 11 is 2.14. The maximum absolute atomic E-state index is 12.2. The second kappa shape index (κ2) is 13.3. The minimum Gasteiger partial charge on any atom is -0.490 e. The van der Waals surface area contributed by atoms with E-state index in [0.29, 0.717) is 35.1 Å². The third-order valence-corrected chi connectivity index (χ3v) is 5.45. The van der Waals surface area contributed by atoms with E-state index in [1.54, 1.807) is 24.3 Å². The first-order valence-electron chi connectivity index (χ1n) is 10.9. The van der Waals surface area contributed by atoms with Gasteiger partial charge >= 0.3 is 0 Å². The van der Waals surface area contributed by atoms with Crippen molar-refractivity contribution < 1.29 is 23.8 Å². The molecule has 2 amide bonds. The third kappa shape index (κ3) is 8.60. The number of halogens is 1. The molecule has 0 fully saturated rings. The molecule has 182 valence electrons. The van der Waals surface area contributed by atoms with E-state index in [-0.39, 0.29) is 25.0 Å². The van der Waals surface area contributed by atoms with Crippen LogP contribution in [0.2, 0.25) is 0 Å². The van der Waals surface area contributed by atoms with Gasteiger partial charge in [0.15, 0.2) is 24.7 Å². The van der Waals surface area contributed by atoms with Gasteiger partial charge in [-0.1, -0.05) is 29.8 Å². The minimum atomic E-state index is -0.384. The number of ether oxygens (including phenoxy) is 3. The van der Waals surface area contributed by atoms with Gasteiger partial charge in [-0.3, -0.25) is 9.59 Å². The van der Waals surface area contributed by atoms with E-state index in [0.717, 1.165) is 9.13 Å². The molecule has 0 aromatic heterocycles. The molecule has 0 unspecified atom stereocenters. The van der Waals surface area contributed by atoms with Crippen LogP contribution in [0.4, 0.5) is 5.69 Å². The van der Waals surface area contributed by atoms with E-state index in [2.05, 4.69) is 38.4 Å². The summed E-state index contributed by atoms with van der Waals surface area (Å²) < 4.78 is 17.7. The van der Waals surface area contributed by atoms with Gasteiger partial charge in [0.05, 0.1) is 16.4 Å². The quantitative estimate of drug-likeness (QED) is 0.195. The number of rotatable bonds is 11. The number of nitrogens with one attached hydrogen (secondary N) is 2. The highest BCUT2D eigenvalue weighted by Gasteiger charge is 2.10. The average molecular weight is 587 g/mol. The summed E-state index contributed by atoms with van der Waals surface area (Å²) in [5.74, 6) is 0.866. The fraction of sp³-hybridized carbons (Fsp3) is 0.192. The Balaban J connectivity index is 1.52. The normalized spacial score (nSPS) is 10.6. The monoisotopic (exact) mass is 587 g/mol. The minimum absolute atomic E-state index is 0.154. The lowest BCUT2D eigenvalue weighted by atomic mass is 10.2. The van der Waals surface area contributed by atoms with Gasteiger partial charge in [0, 0.05) is 5.69 Å². The molecule has 0 bridgehead atoms. The van der Waals surface area contributed by atoms with Crippen molar-refractivity contribution in [2.75, 3.05) is 25.1 Å². The van der Waals surface area contributed by atoms with Gasteiger partial charge in [-0.2, -0.15) is 5.10 Å². The van der Waals surface area contributed by atoms with E-state index in [9.17, 15) is 9.59 Å². The van der Waals surface area contributed by atoms with Crippen LogP contribution < -0.4 is 25.0 Å². The zero-order chi connectivity index (χ0) is 25.0. The van der Waals surface area contributed by atoms with Crippen LogP contribution in [0.15, 0.2) is 71.8 Å². The van der Waals surface area contributed by atoms with Crippen LogP contribution in [0.1, 0.15) is 18.1 Å². The lowest BCUT2D eigenvalue weighted by Gasteiger charge is -2.12. The zero-order valence-electron chi connectivity index (χ0n) is 19.4.